The predicted molar refractivity (Wildman–Crippen MR) is 71.9 cm³/mol. The molecule has 1 rings (SSSR count). The Morgan fingerprint density at radius 3 is 2.83 bits per heavy atom. The van der Waals surface area contributed by atoms with E-state index >= 15 is 0 Å². The first kappa shape index (κ1) is 14.5. The molecule has 0 saturated carbocycles. The van der Waals surface area contributed by atoms with Gasteiger partial charge in [0.25, 0.3) is 0 Å². The number of aromatic nitrogens is 4. The van der Waals surface area contributed by atoms with Crippen molar-refractivity contribution in [1.29, 1.82) is 0 Å². The van der Waals surface area contributed by atoms with Gasteiger partial charge in [-0.15, -0.1) is 0 Å². The Kier molecular flexibility index (Phi) is 5.63. The van der Waals surface area contributed by atoms with Crippen LogP contribution in [0.25, 0.3) is 0 Å². The van der Waals surface area contributed by atoms with Gasteiger partial charge in [-0.2, -0.15) is 0 Å². The van der Waals surface area contributed by atoms with E-state index in [9.17, 15) is 4.79 Å². The Morgan fingerprint density at radius 2 is 2.22 bits per heavy atom. The van der Waals surface area contributed by atoms with Crippen molar-refractivity contribution < 1.29 is 4.79 Å². The lowest BCUT2D eigenvalue weighted by Crippen LogP contribution is -2.35. The predicted octanol–water partition coefficient (Wildman–Crippen LogP) is 0.942. The summed E-state index contributed by atoms with van der Waals surface area (Å²) < 4.78 is 1.60. The van der Waals surface area contributed by atoms with E-state index in [1.54, 1.807) is 4.68 Å². The number of hydrogen-bond donors (Lipinski definition) is 2. The number of nitrogens with zero attached hydrogens (tertiary/aromatic N) is 4. The molecular formula is C10H18N6OS. The standard InChI is InChI=1S/C10H18N6OS/c1-4-5-16-9(13-14-15-16)12-10(18)11-8(17)6-7(2)3/h7H,4-6H2,1-3H3,(H2,11,12,13,15,17,18). The lowest BCUT2D eigenvalue weighted by Gasteiger charge is -2.09. The Morgan fingerprint density at radius 1 is 1.50 bits per heavy atom. The maximum absolute atomic E-state index is 11.5. The van der Waals surface area contributed by atoms with Gasteiger partial charge in [0.15, 0.2) is 5.11 Å². The van der Waals surface area contributed by atoms with Crippen LogP contribution in [0.3, 0.4) is 0 Å². The molecule has 8 heteroatoms. The maximum Gasteiger partial charge on any atom is 0.249 e. The molecule has 0 aliphatic carbocycles. The van der Waals surface area contributed by atoms with E-state index in [4.69, 9.17) is 12.2 Å². The Balaban J connectivity index is 2.49. The van der Waals surface area contributed by atoms with Crippen molar-refractivity contribution in [2.24, 2.45) is 5.92 Å². The second-order valence-electron chi connectivity index (χ2n) is 4.33. The second-order valence-corrected chi connectivity index (χ2v) is 4.73. The van der Waals surface area contributed by atoms with Gasteiger partial charge >= 0.3 is 0 Å². The molecule has 1 aromatic rings. The van der Waals surface area contributed by atoms with Crippen LogP contribution in [0.15, 0.2) is 0 Å². The fourth-order valence-electron chi connectivity index (χ4n) is 1.34. The molecule has 0 atom stereocenters. The van der Waals surface area contributed by atoms with Crippen LogP contribution in [-0.2, 0) is 11.3 Å². The van der Waals surface area contributed by atoms with E-state index in [2.05, 4.69) is 26.2 Å². The van der Waals surface area contributed by atoms with Gasteiger partial charge in [0.2, 0.25) is 11.9 Å². The van der Waals surface area contributed by atoms with E-state index in [0.29, 0.717) is 24.8 Å². The molecule has 0 aliphatic rings. The lowest BCUT2D eigenvalue weighted by atomic mass is 10.1. The van der Waals surface area contributed by atoms with Crippen LogP contribution in [0.1, 0.15) is 33.6 Å². The molecule has 0 bridgehead atoms. The fourth-order valence-corrected chi connectivity index (χ4v) is 1.54. The minimum absolute atomic E-state index is 0.114. The van der Waals surface area contributed by atoms with Crippen LogP contribution in [0.5, 0.6) is 0 Å². The van der Waals surface area contributed by atoms with Crippen LogP contribution in [0.4, 0.5) is 5.95 Å². The molecule has 0 aromatic carbocycles. The first-order chi connectivity index (χ1) is 8.52. The van der Waals surface area contributed by atoms with Crippen LogP contribution in [0, 0.1) is 5.92 Å². The fraction of sp³-hybridized carbons (Fsp3) is 0.700. The lowest BCUT2D eigenvalue weighted by molar-refractivity contribution is -0.120. The quantitative estimate of drug-likeness (QED) is 0.775. The highest BCUT2D eigenvalue weighted by Gasteiger charge is 2.10. The summed E-state index contributed by atoms with van der Waals surface area (Å²) in [4.78, 5) is 11.5. The summed E-state index contributed by atoms with van der Waals surface area (Å²) in [6.07, 6.45) is 1.34. The summed E-state index contributed by atoms with van der Waals surface area (Å²) >= 11 is 5.02. The molecule has 2 N–H and O–H groups in total. The maximum atomic E-state index is 11.5. The molecular weight excluding hydrogens is 252 g/mol. The minimum atomic E-state index is -0.114. The van der Waals surface area contributed by atoms with Gasteiger partial charge in [0.1, 0.15) is 0 Å². The summed E-state index contributed by atoms with van der Waals surface area (Å²) in [5, 5.41) is 16.8. The van der Waals surface area contributed by atoms with Crippen molar-refractivity contribution in [3.63, 3.8) is 0 Å². The topological polar surface area (TPSA) is 84.7 Å². The van der Waals surface area contributed by atoms with Gasteiger partial charge in [0, 0.05) is 13.0 Å². The molecule has 1 amide bonds. The van der Waals surface area contributed by atoms with Crippen molar-refractivity contribution in [3.8, 4) is 0 Å². The Labute approximate surface area is 111 Å². The highest BCUT2D eigenvalue weighted by atomic mass is 32.1. The first-order valence-electron chi connectivity index (χ1n) is 5.90. The van der Waals surface area contributed by atoms with Crippen molar-refractivity contribution in [3.05, 3.63) is 0 Å². The number of hydrogen-bond acceptors (Lipinski definition) is 5. The molecule has 0 saturated heterocycles. The van der Waals surface area contributed by atoms with Gasteiger partial charge < -0.3 is 5.32 Å². The van der Waals surface area contributed by atoms with E-state index in [0.717, 1.165) is 6.42 Å². The van der Waals surface area contributed by atoms with E-state index < -0.39 is 0 Å². The number of thiocarbonyl (C=S) groups is 1. The third kappa shape index (κ3) is 4.74. The highest BCUT2D eigenvalue weighted by Crippen LogP contribution is 2.01. The van der Waals surface area contributed by atoms with E-state index in [1.165, 1.54) is 0 Å². The van der Waals surface area contributed by atoms with Crippen molar-refractivity contribution >= 4 is 29.2 Å². The molecule has 0 spiro atoms. The monoisotopic (exact) mass is 270 g/mol. The zero-order valence-corrected chi connectivity index (χ0v) is 11.6. The average Bonchev–Trinajstić information content (AvgIpc) is 2.64. The molecule has 7 nitrogen and oxygen atoms in total. The molecule has 1 heterocycles. The van der Waals surface area contributed by atoms with Gasteiger partial charge in [-0.05, 0) is 35.0 Å². The molecule has 1 aromatic heterocycles. The van der Waals surface area contributed by atoms with Gasteiger partial charge in [-0.3, -0.25) is 10.1 Å². The largest absolute Gasteiger partial charge is 0.303 e. The minimum Gasteiger partial charge on any atom is -0.303 e. The van der Waals surface area contributed by atoms with Crippen LogP contribution in [-0.4, -0.2) is 31.2 Å². The number of carbonyl (C=O) groups excluding carboxylic acids is 1. The Bertz CT molecular complexity index is 416. The number of nitrogens with one attached hydrogen (secondary N) is 2. The normalized spacial score (nSPS) is 10.4. The van der Waals surface area contributed by atoms with E-state index in [-0.39, 0.29) is 11.0 Å². The number of carbonyl (C=O) groups is 1. The molecule has 18 heavy (non-hydrogen) atoms. The smallest absolute Gasteiger partial charge is 0.249 e. The average molecular weight is 270 g/mol. The van der Waals surface area contributed by atoms with E-state index in [1.807, 2.05) is 20.8 Å². The van der Waals surface area contributed by atoms with Gasteiger partial charge in [-0.1, -0.05) is 25.9 Å². The molecule has 0 fully saturated rings. The summed E-state index contributed by atoms with van der Waals surface area (Å²) in [5.41, 5.74) is 0. The Hall–Kier alpha value is -1.57. The van der Waals surface area contributed by atoms with Crippen molar-refractivity contribution in [2.45, 2.75) is 40.2 Å². The number of rotatable bonds is 5. The molecule has 0 unspecified atom stereocenters. The zero-order valence-electron chi connectivity index (χ0n) is 10.8. The number of amides is 1. The summed E-state index contributed by atoms with van der Waals surface area (Å²) in [6.45, 7) is 6.65. The number of tetrazole rings is 1. The molecule has 0 radical (unpaired) electrons. The third-order valence-electron chi connectivity index (χ3n) is 2.04. The first-order valence-corrected chi connectivity index (χ1v) is 6.30. The summed E-state index contributed by atoms with van der Waals surface area (Å²) in [7, 11) is 0. The highest BCUT2D eigenvalue weighted by molar-refractivity contribution is 7.80. The van der Waals surface area contributed by atoms with Crippen molar-refractivity contribution in [1.82, 2.24) is 25.5 Å². The second kappa shape index (κ2) is 7.00. The van der Waals surface area contributed by atoms with Crippen LogP contribution < -0.4 is 10.6 Å². The van der Waals surface area contributed by atoms with Crippen LogP contribution in [0.2, 0.25) is 0 Å². The summed E-state index contributed by atoms with van der Waals surface area (Å²) in [6, 6.07) is 0. The molecule has 0 aliphatic heterocycles. The molecule has 100 valence electrons. The van der Waals surface area contributed by atoms with Crippen LogP contribution >= 0.6 is 12.2 Å². The SMILES string of the molecule is CCCn1nnnc1NC(=S)NC(=O)CC(C)C. The third-order valence-corrected chi connectivity index (χ3v) is 2.24. The van der Waals surface area contributed by atoms with Gasteiger partial charge in [0.05, 0.1) is 0 Å². The number of aryl methyl sites for hydroxylation is 1. The zero-order chi connectivity index (χ0) is 13.5. The van der Waals surface area contributed by atoms with Crippen molar-refractivity contribution in [2.75, 3.05) is 5.32 Å². The number of anilines is 1. The summed E-state index contributed by atoms with van der Waals surface area (Å²) in [5.74, 6) is 0.613. The van der Waals surface area contributed by atoms with Gasteiger partial charge in [-0.25, -0.2) is 4.68 Å².